The van der Waals surface area contributed by atoms with Gasteiger partial charge in [-0.15, -0.1) is 0 Å². The molecule has 0 aliphatic carbocycles. The van der Waals surface area contributed by atoms with E-state index in [1.807, 2.05) is 13.8 Å². The summed E-state index contributed by atoms with van der Waals surface area (Å²) in [5.74, 6) is 0.0895. The molecule has 1 rings (SSSR count). The number of rotatable bonds is 5. The molecule has 0 bridgehead atoms. The highest BCUT2D eigenvalue weighted by molar-refractivity contribution is 5.73. The van der Waals surface area contributed by atoms with Gasteiger partial charge in [0.05, 0.1) is 0 Å². The summed E-state index contributed by atoms with van der Waals surface area (Å²) in [6.07, 6.45) is 1.57. The zero-order valence-electron chi connectivity index (χ0n) is 9.25. The van der Waals surface area contributed by atoms with Crippen molar-refractivity contribution in [3.05, 3.63) is 18.1 Å². The van der Waals surface area contributed by atoms with Gasteiger partial charge >= 0.3 is 5.97 Å². The van der Waals surface area contributed by atoms with Gasteiger partial charge in [0.2, 0.25) is 5.88 Å². The second kappa shape index (κ2) is 5.41. The van der Waals surface area contributed by atoms with E-state index in [0.29, 0.717) is 11.7 Å². The smallest absolute Gasteiger partial charge is 0.324 e. The third-order valence-corrected chi connectivity index (χ3v) is 1.89. The van der Waals surface area contributed by atoms with Crippen LogP contribution in [0.3, 0.4) is 0 Å². The van der Waals surface area contributed by atoms with E-state index in [2.05, 4.69) is 9.97 Å². The Labute approximate surface area is 93.5 Å². The summed E-state index contributed by atoms with van der Waals surface area (Å²) in [5.41, 5.74) is 5.29. The van der Waals surface area contributed by atoms with Crippen LogP contribution in [0, 0.1) is 0 Å². The van der Waals surface area contributed by atoms with Crippen LogP contribution in [0.15, 0.2) is 12.3 Å². The molecule has 3 N–H and O–H groups in total. The molecule has 0 aliphatic heterocycles. The topological polar surface area (TPSA) is 98.3 Å². The number of nitrogens with zero attached hydrogens (tertiary/aromatic N) is 2. The van der Waals surface area contributed by atoms with Crippen LogP contribution >= 0.6 is 0 Å². The molecule has 0 radical (unpaired) electrons. The van der Waals surface area contributed by atoms with Crippen LogP contribution in [0.25, 0.3) is 0 Å². The molecule has 6 nitrogen and oxygen atoms in total. The monoisotopic (exact) mass is 225 g/mol. The largest absolute Gasteiger partial charge is 0.480 e. The minimum absolute atomic E-state index is 0.107. The number of carboxylic acids is 1. The Morgan fingerprint density at radius 3 is 2.88 bits per heavy atom. The predicted octanol–water partition coefficient (Wildman–Crippen LogP) is 0.391. The van der Waals surface area contributed by atoms with Crippen molar-refractivity contribution in [1.29, 1.82) is 0 Å². The molecule has 1 aromatic rings. The molecule has 0 aromatic carbocycles. The van der Waals surface area contributed by atoms with E-state index in [-0.39, 0.29) is 12.5 Å². The molecule has 0 fully saturated rings. The van der Waals surface area contributed by atoms with E-state index in [1.54, 1.807) is 12.3 Å². The van der Waals surface area contributed by atoms with Crippen LogP contribution < -0.4 is 10.5 Å². The highest BCUT2D eigenvalue weighted by Gasteiger charge is 2.12. The Kier molecular flexibility index (Phi) is 4.19. The predicted molar refractivity (Wildman–Crippen MR) is 57.2 cm³/mol. The minimum atomic E-state index is -1.10. The fourth-order valence-corrected chi connectivity index (χ4v) is 0.961. The Balaban J connectivity index is 2.60. The summed E-state index contributed by atoms with van der Waals surface area (Å²) < 4.78 is 5.16. The van der Waals surface area contributed by atoms with Crippen LogP contribution in [-0.4, -0.2) is 33.7 Å². The molecule has 1 aromatic heterocycles. The standard InChI is InChI=1S/C10H15N3O3/c1-6(2)9-12-4-3-8(13-9)16-5-7(11)10(14)15/h3-4,6-7H,5,11H2,1-2H3,(H,14,15). The van der Waals surface area contributed by atoms with E-state index in [9.17, 15) is 4.79 Å². The molecule has 6 heteroatoms. The first-order valence-corrected chi connectivity index (χ1v) is 4.95. The van der Waals surface area contributed by atoms with Gasteiger partial charge < -0.3 is 15.6 Å². The third kappa shape index (κ3) is 3.47. The number of ether oxygens (including phenoxy) is 1. The lowest BCUT2D eigenvalue weighted by molar-refractivity contribution is -0.139. The van der Waals surface area contributed by atoms with Crippen LogP contribution in [0.5, 0.6) is 5.88 Å². The number of nitrogens with two attached hydrogens (primary N) is 1. The molecule has 1 atom stereocenters. The van der Waals surface area contributed by atoms with Crippen LogP contribution in [0.4, 0.5) is 0 Å². The van der Waals surface area contributed by atoms with E-state index in [4.69, 9.17) is 15.6 Å². The summed E-state index contributed by atoms with van der Waals surface area (Å²) in [6.45, 7) is 3.81. The third-order valence-electron chi connectivity index (χ3n) is 1.89. The lowest BCUT2D eigenvalue weighted by Crippen LogP contribution is -2.36. The van der Waals surface area contributed by atoms with Gasteiger partial charge in [0.15, 0.2) is 0 Å². The first kappa shape index (κ1) is 12.4. The van der Waals surface area contributed by atoms with E-state index < -0.39 is 12.0 Å². The van der Waals surface area contributed by atoms with Crippen molar-refractivity contribution < 1.29 is 14.6 Å². The maximum absolute atomic E-state index is 10.5. The quantitative estimate of drug-likeness (QED) is 0.752. The van der Waals surface area contributed by atoms with Gasteiger partial charge in [-0.3, -0.25) is 4.79 Å². The lowest BCUT2D eigenvalue weighted by Gasteiger charge is -2.09. The van der Waals surface area contributed by atoms with Crippen molar-refractivity contribution in [3.63, 3.8) is 0 Å². The molecule has 0 saturated heterocycles. The van der Waals surface area contributed by atoms with Gasteiger partial charge in [0.1, 0.15) is 18.5 Å². The molecule has 0 saturated carbocycles. The normalized spacial score (nSPS) is 12.5. The number of carbonyl (C=O) groups is 1. The van der Waals surface area contributed by atoms with Crippen LogP contribution in [0.2, 0.25) is 0 Å². The Bertz CT molecular complexity index is 368. The van der Waals surface area contributed by atoms with E-state index in [0.717, 1.165) is 0 Å². The molecule has 88 valence electrons. The average molecular weight is 225 g/mol. The van der Waals surface area contributed by atoms with Gasteiger partial charge in [0, 0.05) is 18.2 Å². The van der Waals surface area contributed by atoms with Gasteiger partial charge in [-0.2, -0.15) is 4.98 Å². The first-order chi connectivity index (χ1) is 7.50. The summed E-state index contributed by atoms with van der Waals surface area (Å²) in [6, 6.07) is 0.526. The molecular weight excluding hydrogens is 210 g/mol. The zero-order valence-corrected chi connectivity index (χ0v) is 9.25. The number of hydrogen-bond acceptors (Lipinski definition) is 5. The number of hydrogen-bond donors (Lipinski definition) is 2. The van der Waals surface area contributed by atoms with Crippen molar-refractivity contribution in [2.24, 2.45) is 5.73 Å². The summed E-state index contributed by atoms with van der Waals surface area (Å²) in [7, 11) is 0. The summed E-state index contributed by atoms with van der Waals surface area (Å²) >= 11 is 0. The fraction of sp³-hybridized carbons (Fsp3) is 0.500. The van der Waals surface area contributed by atoms with Crippen molar-refractivity contribution in [3.8, 4) is 5.88 Å². The van der Waals surface area contributed by atoms with Gasteiger partial charge in [-0.05, 0) is 0 Å². The van der Waals surface area contributed by atoms with Gasteiger partial charge in [-0.1, -0.05) is 13.8 Å². The van der Waals surface area contributed by atoms with Crippen molar-refractivity contribution in [2.75, 3.05) is 6.61 Å². The molecule has 1 unspecified atom stereocenters. The van der Waals surface area contributed by atoms with Crippen LogP contribution in [-0.2, 0) is 4.79 Å². The molecule has 0 aliphatic rings. The SMILES string of the molecule is CC(C)c1nccc(OCC(N)C(=O)O)n1. The molecule has 0 spiro atoms. The van der Waals surface area contributed by atoms with Crippen molar-refractivity contribution in [2.45, 2.75) is 25.8 Å². The van der Waals surface area contributed by atoms with Crippen LogP contribution in [0.1, 0.15) is 25.6 Å². The molecule has 16 heavy (non-hydrogen) atoms. The molecule has 0 amide bonds. The molecular formula is C10H15N3O3. The fourth-order valence-electron chi connectivity index (χ4n) is 0.961. The second-order valence-corrected chi connectivity index (χ2v) is 3.66. The zero-order chi connectivity index (χ0) is 12.1. The van der Waals surface area contributed by atoms with E-state index in [1.165, 1.54) is 0 Å². The van der Waals surface area contributed by atoms with Gasteiger partial charge in [-0.25, -0.2) is 4.98 Å². The van der Waals surface area contributed by atoms with Crippen molar-refractivity contribution in [1.82, 2.24) is 9.97 Å². The Hall–Kier alpha value is -1.69. The Morgan fingerprint density at radius 1 is 1.62 bits per heavy atom. The second-order valence-electron chi connectivity index (χ2n) is 3.66. The summed E-state index contributed by atoms with van der Waals surface area (Å²) in [5, 5.41) is 8.57. The highest BCUT2D eigenvalue weighted by Crippen LogP contribution is 2.12. The molecule has 1 heterocycles. The maximum Gasteiger partial charge on any atom is 0.324 e. The minimum Gasteiger partial charge on any atom is -0.480 e. The average Bonchev–Trinajstić information content (AvgIpc) is 2.26. The Morgan fingerprint density at radius 2 is 2.31 bits per heavy atom. The lowest BCUT2D eigenvalue weighted by atomic mass is 10.2. The summed E-state index contributed by atoms with van der Waals surface area (Å²) in [4.78, 5) is 18.6. The number of carboxylic acid groups (broad SMARTS) is 1. The number of aromatic nitrogens is 2. The van der Waals surface area contributed by atoms with Crippen molar-refractivity contribution >= 4 is 5.97 Å². The number of aliphatic carboxylic acids is 1. The first-order valence-electron chi connectivity index (χ1n) is 4.95. The maximum atomic E-state index is 10.5. The van der Waals surface area contributed by atoms with E-state index >= 15 is 0 Å². The highest BCUT2D eigenvalue weighted by atomic mass is 16.5. The van der Waals surface area contributed by atoms with Gasteiger partial charge in [0.25, 0.3) is 0 Å².